The number of carbonyl (C=O) groups excluding carboxylic acids is 1. The zero-order valence-corrected chi connectivity index (χ0v) is 15.1. The summed E-state index contributed by atoms with van der Waals surface area (Å²) in [6.45, 7) is 4.11. The molecule has 2 saturated heterocycles. The molecule has 4 rings (SSSR count). The van der Waals surface area contributed by atoms with Crippen molar-refractivity contribution in [3.8, 4) is 0 Å². The number of thiophene rings is 1. The monoisotopic (exact) mass is 349 g/mol. The zero-order chi connectivity index (χ0) is 16.4. The molecule has 0 radical (unpaired) electrons. The summed E-state index contributed by atoms with van der Waals surface area (Å²) in [5.41, 5.74) is 0.0104. The molecule has 0 spiro atoms. The summed E-state index contributed by atoms with van der Waals surface area (Å²) in [7, 11) is 0. The van der Waals surface area contributed by atoms with E-state index in [9.17, 15) is 4.79 Å². The van der Waals surface area contributed by atoms with Gasteiger partial charge in [-0.3, -0.25) is 4.79 Å². The number of nitrogens with zero attached hydrogens (tertiary/aromatic N) is 1. The van der Waals surface area contributed by atoms with Gasteiger partial charge in [-0.15, -0.1) is 11.3 Å². The van der Waals surface area contributed by atoms with E-state index in [0.29, 0.717) is 6.42 Å². The first-order valence-electron chi connectivity index (χ1n) is 9.25. The van der Waals surface area contributed by atoms with Crippen molar-refractivity contribution in [2.45, 2.75) is 44.6 Å². The predicted molar refractivity (Wildman–Crippen MR) is 94.2 cm³/mol. The molecule has 1 aromatic rings. The molecular formula is C19H27NO3S. The van der Waals surface area contributed by atoms with Crippen LogP contribution in [0.2, 0.25) is 0 Å². The van der Waals surface area contributed by atoms with Crippen LogP contribution in [0.4, 0.5) is 0 Å². The summed E-state index contributed by atoms with van der Waals surface area (Å²) in [6, 6.07) is 4.06. The molecule has 24 heavy (non-hydrogen) atoms. The van der Waals surface area contributed by atoms with Crippen LogP contribution in [-0.2, 0) is 20.7 Å². The smallest absolute Gasteiger partial charge is 0.227 e. The average molecular weight is 349 g/mol. The van der Waals surface area contributed by atoms with Crippen molar-refractivity contribution in [3.63, 3.8) is 0 Å². The van der Waals surface area contributed by atoms with Gasteiger partial charge in [-0.25, -0.2) is 0 Å². The van der Waals surface area contributed by atoms with E-state index in [1.807, 2.05) is 17.5 Å². The molecule has 0 bridgehead atoms. The van der Waals surface area contributed by atoms with Crippen LogP contribution in [0.3, 0.4) is 0 Å². The highest BCUT2D eigenvalue weighted by Crippen LogP contribution is 2.41. The van der Waals surface area contributed by atoms with Gasteiger partial charge in [0.2, 0.25) is 5.91 Å². The van der Waals surface area contributed by atoms with Crippen LogP contribution in [0, 0.1) is 11.3 Å². The average Bonchev–Trinajstić information content (AvgIpc) is 3.28. The number of ether oxygens (including phenoxy) is 2. The Hall–Kier alpha value is -0.910. The fourth-order valence-corrected chi connectivity index (χ4v) is 4.80. The van der Waals surface area contributed by atoms with Crippen LogP contribution in [0.15, 0.2) is 17.5 Å². The zero-order valence-electron chi connectivity index (χ0n) is 14.2. The molecule has 5 heteroatoms. The number of piperidine rings is 1. The Kier molecular flexibility index (Phi) is 4.93. The maximum absolute atomic E-state index is 12.7. The van der Waals surface area contributed by atoms with Crippen molar-refractivity contribution in [2.24, 2.45) is 11.3 Å². The van der Waals surface area contributed by atoms with E-state index in [1.165, 1.54) is 12.8 Å². The number of hydrogen-bond acceptors (Lipinski definition) is 4. The number of amides is 1. The summed E-state index contributed by atoms with van der Waals surface area (Å²) < 4.78 is 12.2. The van der Waals surface area contributed by atoms with Crippen LogP contribution in [0.5, 0.6) is 0 Å². The van der Waals surface area contributed by atoms with E-state index in [2.05, 4.69) is 4.90 Å². The summed E-state index contributed by atoms with van der Waals surface area (Å²) >= 11 is 1.66. The molecule has 0 N–H and O–H groups in total. The predicted octanol–water partition coefficient (Wildman–Crippen LogP) is 3.11. The second-order valence-electron chi connectivity index (χ2n) is 7.64. The van der Waals surface area contributed by atoms with Gasteiger partial charge in [0.25, 0.3) is 0 Å². The molecule has 3 fully saturated rings. The molecular weight excluding hydrogens is 322 g/mol. The minimum atomic E-state index is 0.0104. The van der Waals surface area contributed by atoms with Gasteiger partial charge in [-0.2, -0.15) is 0 Å². The van der Waals surface area contributed by atoms with Gasteiger partial charge in [0.15, 0.2) is 0 Å². The van der Waals surface area contributed by atoms with Crippen molar-refractivity contribution in [2.75, 3.05) is 32.9 Å². The lowest BCUT2D eigenvalue weighted by molar-refractivity contribution is -0.164. The van der Waals surface area contributed by atoms with Gasteiger partial charge in [0, 0.05) is 36.6 Å². The molecule has 0 unspecified atom stereocenters. The van der Waals surface area contributed by atoms with E-state index in [0.717, 1.165) is 63.0 Å². The van der Waals surface area contributed by atoms with Crippen LogP contribution >= 0.6 is 11.3 Å². The minimum absolute atomic E-state index is 0.0104. The first-order valence-corrected chi connectivity index (χ1v) is 10.1. The van der Waals surface area contributed by atoms with Gasteiger partial charge >= 0.3 is 0 Å². The summed E-state index contributed by atoms with van der Waals surface area (Å²) in [6.07, 6.45) is 6.57. The fraction of sp³-hybridized carbons (Fsp3) is 0.737. The lowest BCUT2D eigenvalue weighted by atomic mass is 9.73. The maximum Gasteiger partial charge on any atom is 0.227 e. The van der Waals surface area contributed by atoms with Crippen LogP contribution < -0.4 is 0 Å². The highest BCUT2D eigenvalue weighted by molar-refractivity contribution is 7.10. The molecule has 1 amide bonds. The molecule has 4 nitrogen and oxygen atoms in total. The third kappa shape index (κ3) is 3.68. The Morgan fingerprint density at radius 3 is 3.12 bits per heavy atom. The van der Waals surface area contributed by atoms with Crippen LogP contribution in [0.25, 0.3) is 0 Å². The largest absolute Gasteiger partial charge is 0.380 e. The van der Waals surface area contributed by atoms with E-state index in [-0.39, 0.29) is 17.4 Å². The van der Waals surface area contributed by atoms with Gasteiger partial charge in [-0.05, 0) is 49.5 Å². The second kappa shape index (κ2) is 7.14. The molecule has 3 heterocycles. The van der Waals surface area contributed by atoms with Crippen molar-refractivity contribution in [1.82, 2.24) is 4.90 Å². The third-order valence-corrected chi connectivity index (χ3v) is 6.56. The van der Waals surface area contributed by atoms with E-state index >= 15 is 0 Å². The second-order valence-corrected chi connectivity index (χ2v) is 8.68. The van der Waals surface area contributed by atoms with Crippen LogP contribution in [-0.4, -0.2) is 49.8 Å². The number of hydrogen-bond donors (Lipinski definition) is 0. The summed E-state index contributed by atoms with van der Waals surface area (Å²) in [5.74, 6) is 1.03. The number of likely N-dealkylation sites (tertiary alicyclic amines) is 1. The van der Waals surface area contributed by atoms with Gasteiger partial charge < -0.3 is 14.4 Å². The van der Waals surface area contributed by atoms with Crippen molar-refractivity contribution in [3.05, 3.63) is 22.4 Å². The Labute approximate surface area is 148 Å². The van der Waals surface area contributed by atoms with Crippen molar-refractivity contribution in [1.29, 1.82) is 0 Å². The first kappa shape index (κ1) is 16.6. The van der Waals surface area contributed by atoms with Crippen molar-refractivity contribution >= 4 is 17.2 Å². The molecule has 132 valence electrons. The maximum atomic E-state index is 12.7. The quantitative estimate of drug-likeness (QED) is 0.792. The highest BCUT2D eigenvalue weighted by atomic mass is 32.1. The van der Waals surface area contributed by atoms with Crippen molar-refractivity contribution < 1.29 is 14.3 Å². The number of carbonyl (C=O) groups is 1. The first-order chi connectivity index (χ1) is 11.8. The summed E-state index contributed by atoms with van der Waals surface area (Å²) in [5, 5.41) is 2.04. The fourth-order valence-electron chi connectivity index (χ4n) is 4.10. The molecule has 0 aromatic carbocycles. The normalized spacial score (nSPS) is 30.2. The Morgan fingerprint density at radius 1 is 1.42 bits per heavy atom. The highest BCUT2D eigenvalue weighted by Gasteiger charge is 2.47. The SMILES string of the molecule is O=C(Cc1cccs1)N1CC[C@H]2OCCC[C@@]2(COCC2CC2)C1. The molecule has 1 saturated carbocycles. The van der Waals surface area contributed by atoms with Gasteiger partial charge in [-0.1, -0.05) is 6.07 Å². The Bertz CT molecular complexity index is 557. The molecule has 2 atom stereocenters. The lowest BCUT2D eigenvalue weighted by Crippen LogP contribution is -2.58. The Balaban J connectivity index is 1.40. The molecule has 3 aliphatic rings. The lowest BCUT2D eigenvalue weighted by Gasteiger charge is -2.50. The van der Waals surface area contributed by atoms with E-state index in [1.54, 1.807) is 11.3 Å². The molecule has 2 aliphatic heterocycles. The topological polar surface area (TPSA) is 38.8 Å². The number of fused-ring (bicyclic) bond motifs is 1. The van der Waals surface area contributed by atoms with Gasteiger partial charge in [0.05, 0.1) is 19.1 Å². The van der Waals surface area contributed by atoms with Gasteiger partial charge in [0.1, 0.15) is 0 Å². The van der Waals surface area contributed by atoms with E-state index < -0.39 is 0 Å². The standard InChI is InChI=1S/C19H27NO3S/c21-18(11-16-3-1-10-24-16)20-8-6-17-19(13-20,7-2-9-23-17)14-22-12-15-4-5-15/h1,3,10,15,17H,2,4-9,11-14H2/t17-,19+/m1/s1. The number of rotatable bonds is 6. The third-order valence-electron chi connectivity index (χ3n) is 5.69. The Morgan fingerprint density at radius 2 is 2.33 bits per heavy atom. The molecule has 1 aliphatic carbocycles. The summed E-state index contributed by atoms with van der Waals surface area (Å²) in [4.78, 5) is 15.9. The molecule has 1 aromatic heterocycles. The van der Waals surface area contributed by atoms with E-state index in [4.69, 9.17) is 9.47 Å². The van der Waals surface area contributed by atoms with Crippen LogP contribution in [0.1, 0.15) is 37.0 Å². The minimum Gasteiger partial charge on any atom is -0.380 e.